The predicted octanol–water partition coefficient (Wildman–Crippen LogP) is 3.64. The van der Waals surface area contributed by atoms with Crippen molar-refractivity contribution in [3.63, 3.8) is 0 Å². The highest BCUT2D eigenvalue weighted by molar-refractivity contribution is 7.22. The Morgan fingerprint density at radius 1 is 1.25 bits per heavy atom. The first kappa shape index (κ1) is 14.9. The normalized spacial score (nSPS) is 17.6. The molecule has 1 fully saturated rings. The molecule has 1 aliphatic rings. The van der Waals surface area contributed by atoms with E-state index in [0.29, 0.717) is 11.4 Å². The minimum atomic E-state index is 0.271. The fourth-order valence-electron chi connectivity index (χ4n) is 3.07. The Labute approximate surface area is 144 Å². The third kappa shape index (κ3) is 2.91. The highest BCUT2D eigenvalue weighted by Gasteiger charge is 2.23. The van der Waals surface area contributed by atoms with Crippen LogP contribution in [-0.4, -0.2) is 29.1 Å². The molecule has 0 unspecified atom stereocenters. The second kappa shape index (κ2) is 6.46. The highest BCUT2D eigenvalue weighted by atomic mass is 32.1. The van der Waals surface area contributed by atoms with Crippen LogP contribution < -0.4 is 10.2 Å². The number of hydrogen-bond donors (Lipinski definition) is 1. The van der Waals surface area contributed by atoms with E-state index in [1.54, 1.807) is 29.7 Å². The molecule has 4 rings (SSSR count). The van der Waals surface area contributed by atoms with Gasteiger partial charge in [0.2, 0.25) is 0 Å². The van der Waals surface area contributed by atoms with Crippen LogP contribution in [0.1, 0.15) is 18.4 Å². The molecule has 1 saturated heterocycles. The van der Waals surface area contributed by atoms with Gasteiger partial charge in [0.15, 0.2) is 5.13 Å². The van der Waals surface area contributed by atoms with Crippen LogP contribution in [0.25, 0.3) is 10.2 Å². The number of benzene rings is 1. The zero-order valence-electron chi connectivity index (χ0n) is 13.1. The number of nitrogens with zero attached hydrogens (tertiary/aromatic N) is 4. The van der Waals surface area contributed by atoms with Crippen LogP contribution in [0.3, 0.4) is 0 Å². The second-order valence-electron chi connectivity index (χ2n) is 5.91. The van der Waals surface area contributed by atoms with Crippen LogP contribution in [-0.2, 0) is 0 Å². The molecule has 0 amide bonds. The van der Waals surface area contributed by atoms with E-state index < -0.39 is 0 Å². The van der Waals surface area contributed by atoms with Crippen LogP contribution in [0.5, 0.6) is 0 Å². The highest BCUT2D eigenvalue weighted by Crippen LogP contribution is 2.30. The first-order chi connectivity index (χ1) is 11.8. The Balaban J connectivity index is 1.52. The molecule has 0 radical (unpaired) electrons. The number of hydrogen-bond acceptors (Lipinski definition) is 6. The van der Waals surface area contributed by atoms with E-state index in [9.17, 15) is 5.26 Å². The van der Waals surface area contributed by atoms with Gasteiger partial charge >= 0.3 is 0 Å². The quantitative estimate of drug-likeness (QED) is 0.791. The number of nitrogens with one attached hydrogen (secondary N) is 1. The van der Waals surface area contributed by atoms with Crippen molar-refractivity contribution in [3.8, 4) is 6.07 Å². The fourth-order valence-corrected chi connectivity index (χ4v) is 4.07. The summed E-state index contributed by atoms with van der Waals surface area (Å²) in [6.07, 6.45) is 3.89. The molecule has 0 aliphatic carbocycles. The van der Waals surface area contributed by atoms with Crippen LogP contribution >= 0.6 is 11.3 Å². The van der Waals surface area contributed by atoms with Crippen molar-refractivity contribution in [1.29, 1.82) is 5.26 Å². The number of nitriles is 1. The maximum atomic E-state index is 9.21. The molecule has 24 heavy (non-hydrogen) atoms. The molecular formula is C18H17N5S. The summed E-state index contributed by atoms with van der Waals surface area (Å²) in [5.41, 5.74) is 1.65. The summed E-state index contributed by atoms with van der Waals surface area (Å²) < 4.78 is 1.22. The smallest absolute Gasteiger partial charge is 0.186 e. The van der Waals surface area contributed by atoms with Crippen molar-refractivity contribution in [1.82, 2.24) is 9.97 Å². The van der Waals surface area contributed by atoms with Crippen molar-refractivity contribution < 1.29 is 0 Å². The van der Waals surface area contributed by atoms with Crippen molar-refractivity contribution in [3.05, 3.63) is 48.2 Å². The lowest BCUT2D eigenvalue weighted by Crippen LogP contribution is -2.42. The SMILES string of the molecule is N#Cc1cccnc1N[C@H]1CCCN(c2nc3ccccc3s2)C1. The maximum Gasteiger partial charge on any atom is 0.186 e. The van der Waals surface area contributed by atoms with Gasteiger partial charge in [-0.05, 0) is 37.1 Å². The molecule has 5 nitrogen and oxygen atoms in total. The van der Waals surface area contributed by atoms with Crippen LogP contribution in [0.2, 0.25) is 0 Å². The average Bonchev–Trinajstić information content (AvgIpc) is 3.07. The van der Waals surface area contributed by atoms with Gasteiger partial charge in [0.25, 0.3) is 0 Å². The summed E-state index contributed by atoms with van der Waals surface area (Å²) in [7, 11) is 0. The monoisotopic (exact) mass is 335 g/mol. The van der Waals surface area contributed by atoms with Crippen molar-refractivity contribution >= 4 is 32.5 Å². The van der Waals surface area contributed by atoms with Gasteiger partial charge in [-0.15, -0.1) is 0 Å². The van der Waals surface area contributed by atoms with Gasteiger partial charge in [0.05, 0.1) is 15.8 Å². The Bertz CT molecular complexity index is 865. The van der Waals surface area contributed by atoms with Gasteiger partial charge in [-0.25, -0.2) is 9.97 Å². The topological polar surface area (TPSA) is 64.8 Å². The average molecular weight is 335 g/mol. The summed E-state index contributed by atoms with van der Waals surface area (Å²) >= 11 is 1.74. The predicted molar refractivity (Wildman–Crippen MR) is 97.4 cm³/mol. The molecule has 1 atom stereocenters. The standard InChI is InChI=1S/C18H17N5S/c19-11-13-5-3-9-20-17(13)21-14-6-4-10-23(12-14)18-22-15-7-1-2-8-16(15)24-18/h1-3,5,7-9,14H,4,6,10,12H2,(H,20,21)/t14-/m0/s1. The minimum Gasteiger partial charge on any atom is -0.364 e. The van der Waals surface area contributed by atoms with Gasteiger partial charge in [0, 0.05) is 25.3 Å². The van der Waals surface area contributed by atoms with E-state index in [4.69, 9.17) is 4.98 Å². The zero-order chi connectivity index (χ0) is 16.4. The van der Waals surface area contributed by atoms with Crippen LogP contribution in [0.15, 0.2) is 42.6 Å². The van der Waals surface area contributed by atoms with Gasteiger partial charge in [0.1, 0.15) is 11.9 Å². The minimum absolute atomic E-state index is 0.271. The van der Waals surface area contributed by atoms with E-state index in [0.717, 1.165) is 36.6 Å². The van der Waals surface area contributed by atoms with Gasteiger partial charge in [-0.1, -0.05) is 23.5 Å². The van der Waals surface area contributed by atoms with E-state index in [-0.39, 0.29) is 6.04 Å². The number of para-hydroxylation sites is 1. The second-order valence-corrected chi connectivity index (χ2v) is 6.91. The lowest BCUT2D eigenvalue weighted by atomic mass is 10.1. The molecular weight excluding hydrogens is 318 g/mol. The maximum absolute atomic E-state index is 9.21. The molecule has 2 aromatic heterocycles. The molecule has 120 valence electrons. The number of rotatable bonds is 3. The molecule has 0 spiro atoms. The molecule has 0 bridgehead atoms. The van der Waals surface area contributed by atoms with Gasteiger partial charge < -0.3 is 10.2 Å². The molecule has 1 aromatic carbocycles. The van der Waals surface area contributed by atoms with Crippen LogP contribution in [0.4, 0.5) is 10.9 Å². The number of thiazole rings is 1. The lowest BCUT2D eigenvalue weighted by molar-refractivity contribution is 0.528. The Kier molecular flexibility index (Phi) is 4.01. The largest absolute Gasteiger partial charge is 0.364 e. The molecule has 0 saturated carbocycles. The number of aromatic nitrogens is 2. The first-order valence-corrected chi connectivity index (χ1v) is 8.87. The van der Waals surface area contributed by atoms with E-state index in [1.165, 1.54) is 4.70 Å². The number of pyridine rings is 1. The third-order valence-electron chi connectivity index (χ3n) is 4.24. The summed E-state index contributed by atoms with van der Waals surface area (Å²) in [5.74, 6) is 0.677. The number of anilines is 2. The van der Waals surface area contributed by atoms with Crippen molar-refractivity contribution in [2.75, 3.05) is 23.3 Å². The summed E-state index contributed by atoms with van der Waals surface area (Å²) in [6.45, 7) is 1.90. The Hall–Kier alpha value is -2.65. The summed E-state index contributed by atoms with van der Waals surface area (Å²) in [4.78, 5) is 11.4. The third-order valence-corrected chi connectivity index (χ3v) is 5.34. The summed E-state index contributed by atoms with van der Waals surface area (Å²) in [5, 5.41) is 13.7. The molecule has 3 heterocycles. The number of fused-ring (bicyclic) bond motifs is 1. The fraction of sp³-hybridized carbons (Fsp3) is 0.278. The van der Waals surface area contributed by atoms with Gasteiger partial charge in [-0.2, -0.15) is 5.26 Å². The zero-order valence-corrected chi connectivity index (χ0v) is 14.0. The van der Waals surface area contributed by atoms with E-state index in [2.05, 4.69) is 39.5 Å². The summed E-state index contributed by atoms with van der Waals surface area (Å²) in [6, 6.07) is 14.3. The van der Waals surface area contributed by atoms with Gasteiger partial charge in [-0.3, -0.25) is 0 Å². The van der Waals surface area contributed by atoms with Crippen LogP contribution in [0, 0.1) is 11.3 Å². The molecule has 6 heteroatoms. The molecule has 1 aliphatic heterocycles. The van der Waals surface area contributed by atoms with E-state index >= 15 is 0 Å². The first-order valence-electron chi connectivity index (χ1n) is 8.05. The van der Waals surface area contributed by atoms with Crippen molar-refractivity contribution in [2.24, 2.45) is 0 Å². The van der Waals surface area contributed by atoms with E-state index in [1.807, 2.05) is 6.07 Å². The number of piperidine rings is 1. The molecule has 1 N–H and O–H groups in total. The van der Waals surface area contributed by atoms with Crippen molar-refractivity contribution in [2.45, 2.75) is 18.9 Å². The lowest BCUT2D eigenvalue weighted by Gasteiger charge is -2.33. The Morgan fingerprint density at radius 3 is 3.04 bits per heavy atom. The Morgan fingerprint density at radius 2 is 2.17 bits per heavy atom. The molecule has 3 aromatic rings.